The van der Waals surface area contributed by atoms with E-state index in [1.165, 1.54) is 0 Å². The van der Waals surface area contributed by atoms with Crippen LogP contribution < -0.4 is 4.90 Å². The molecular formula is C15H16FNO4. The number of hydrogen-bond donors (Lipinski definition) is 1. The first-order valence-electron chi connectivity index (χ1n) is 6.58. The maximum atomic E-state index is 13.2. The molecule has 2 amide bonds. The summed E-state index contributed by atoms with van der Waals surface area (Å²) in [7, 11) is 0. The Morgan fingerprint density at radius 1 is 1.38 bits per heavy atom. The molecule has 1 heterocycles. The number of benzene rings is 1. The van der Waals surface area contributed by atoms with E-state index in [2.05, 4.69) is 0 Å². The lowest BCUT2D eigenvalue weighted by Gasteiger charge is -2.26. The van der Waals surface area contributed by atoms with Crippen molar-refractivity contribution in [3.63, 3.8) is 0 Å². The molecule has 0 bridgehead atoms. The van der Waals surface area contributed by atoms with Gasteiger partial charge in [0.2, 0.25) is 11.8 Å². The standard InChI is InChI=1S/C15H16FNO4/c1-8(2)15(3)7-12(18)17(14(15)21)11-5-4-9(16)6-10(11)13(19)20/h4-6,8H,7H2,1-3H3,(H,19,20). The van der Waals surface area contributed by atoms with E-state index in [9.17, 15) is 18.8 Å². The molecule has 112 valence electrons. The average Bonchev–Trinajstić information content (AvgIpc) is 2.62. The molecule has 1 fully saturated rings. The minimum atomic E-state index is -1.39. The molecule has 1 atom stereocenters. The summed E-state index contributed by atoms with van der Waals surface area (Å²) < 4.78 is 13.2. The number of nitrogens with zero attached hydrogens (tertiary/aromatic N) is 1. The van der Waals surface area contributed by atoms with E-state index in [1.807, 2.05) is 13.8 Å². The average molecular weight is 293 g/mol. The summed E-state index contributed by atoms with van der Waals surface area (Å²) in [5.41, 5.74) is -1.35. The van der Waals surface area contributed by atoms with Gasteiger partial charge in [0, 0.05) is 6.42 Å². The van der Waals surface area contributed by atoms with Gasteiger partial charge >= 0.3 is 5.97 Å². The van der Waals surface area contributed by atoms with Crippen molar-refractivity contribution in [2.75, 3.05) is 4.90 Å². The largest absolute Gasteiger partial charge is 0.478 e. The zero-order valence-electron chi connectivity index (χ0n) is 12.0. The maximum absolute atomic E-state index is 13.2. The first-order valence-corrected chi connectivity index (χ1v) is 6.58. The number of carbonyl (C=O) groups is 3. The van der Waals surface area contributed by atoms with E-state index in [4.69, 9.17) is 5.11 Å². The van der Waals surface area contributed by atoms with Crippen LogP contribution in [0.4, 0.5) is 10.1 Å². The molecule has 1 aliphatic heterocycles. The summed E-state index contributed by atoms with van der Waals surface area (Å²) >= 11 is 0. The molecule has 0 saturated carbocycles. The van der Waals surface area contributed by atoms with Crippen molar-refractivity contribution in [3.8, 4) is 0 Å². The van der Waals surface area contributed by atoms with Crippen LogP contribution in [0.3, 0.4) is 0 Å². The highest BCUT2D eigenvalue weighted by molar-refractivity contribution is 6.24. The molecule has 1 unspecified atom stereocenters. The van der Waals surface area contributed by atoms with Crippen molar-refractivity contribution < 1.29 is 23.9 Å². The smallest absolute Gasteiger partial charge is 0.337 e. The zero-order chi connectivity index (χ0) is 15.9. The van der Waals surface area contributed by atoms with E-state index in [-0.39, 0.29) is 18.0 Å². The van der Waals surface area contributed by atoms with Crippen LogP contribution in [0.1, 0.15) is 37.6 Å². The van der Waals surface area contributed by atoms with Gasteiger partial charge in [-0.25, -0.2) is 14.1 Å². The van der Waals surface area contributed by atoms with Crippen LogP contribution in [0.15, 0.2) is 18.2 Å². The highest BCUT2D eigenvalue weighted by atomic mass is 19.1. The number of carboxylic acids is 1. The summed E-state index contributed by atoms with van der Waals surface area (Å²) in [5, 5.41) is 9.15. The predicted molar refractivity (Wildman–Crippen MR) is 73.4 cm³/mol. The normalized spacial score (nSPS) is 22.2. The SMILES string of the molecule is CC(C)C1(C)CC(=O)N(c2ccc(F)cc2C(=O)O)C1=O. The van der Waals surface area contributed by atoms with Gasteiger partial charge in [0.25, 0.3) is 0 Å². The third-order valence-corrected chi connectivity index (χ3v) is 4.16. The Morgan fingerprint density at radius 2 is 2.00 bits per heavy atom. The zero-order valence-corrected chi connectivity index (χ0v) is 12.0. The molecule has 1 aromatic rings. The van der Waals surface area contributed by atoms with E-state index < -0.39 is 34.6 Å². The van der Waals surface area contributed by atoms with E-state index in [0.29, 0.717) is 0 Å². The number of carbonyl (C=O) groups excluding carboxylic acids is 2. The second-order valence-corrected chi connectivity index (χ2v) is 5.75. The number of halogens is 1. The van der Waals surface area contributed by atoms with Crippen LogP contribution in [0.2, 0.25) is 0 Å². The highest BCUT2D eigenvalue weighted by Crippen LogP contribution is 2.42. The number of anilines is 1. The molecule has 2 rings (SSSR count). The Hall–Kier alpha value is -2.24. The second-order valence-electron chi connectivity index (χ2n) is 5.75. The summed E-state index contributed by atoms with van der Waals surface area (Å²) in [4.78, 5) is 36.8. The molecule has 5 nitrogen and oxygen atoms in total. The lowest BCUT2D eigenvalue weighted by atomic mass is 9.78. The first-order chi connectivity index (χ1) is 9.68. The Balaban J connectivity index is 2.56. The number of amides is 2. The van der Waals surface area contributed by atoms with Crippen molar-refractivity contribution >= 4 is 23.5 Å². The molecule has 0 radical (unpaired) electrons. The quantitative estimate of drug-likeness (QED) is 0.869. The lowest BCUT2D eigenvalue weighted by molar-refractivity contribution is -0.126. The number of carboxylic acid groups (broad SMARTS) is 1. The third-order valence-electron chi connectivity index (χ3n) is 4.16. The van der Waals surface area contributed by atoms with E-state index in [1.54, 1.807) is 6.92 Å². The van der Waals surface area contributed by atoms with Gasteiger partial charge in [-0.2, -0.15) is 0 Å². The highest BCUT2D eigenvalue weighted by Gasteiger charge is 2.51. The van der Waals surface area contributed by atoms with Gasteiger partial charge in [-0.1, -0.05) is 13.8 Å². The van der Waals surface area contributed by atoms with Gasteiger partial charge in [-0.3, -0.25) is 9.59 Å². The molecule has 1 N–H and O–H groups in total. The van der Waals surface area contributed by atoms with Gasteiger partial charge in [0.15, 0.2) is 0 Å². The second kappa shape index (κ2) is 4.95. The van der Waals surface area contributed by atoms with Crippen molar-refractivity contribution in [3.05, 3.63) is 29.6 Å². The van der Waals surface area contributed by atoms with Crippen LogP contribution in [0.25, 0.3) is 0 Å². The third kappa shape index (κ3) is 2.30. The van der Waals surface area contributed by atoms with Crippen LogP contribution in [0.5, 0.6) is 0 Å². The fourth-order valence-electron chi connectivity index (χ4n) is 2.41. The molecule has 6 heteroatoms. The maximum Gasteiger partial charge on any atom is 0.337 e. The topological polar surface area (TPSA) is 74.7 Å². The van der Waals surface area contributed by atoms with E-state index in [0.717, 1.165) is 23.1 Å². The summed E-state index contributed by atoms with van der Waals surface area (Å²) in [6, 6.07) is 3.00. The Morgan fingerprint density at radius 3 is 2.48 bits per heavy atom. The van der Waals surface area contributed by atoms with Crippen LogP contribution >= 0.6 is 0 Å². The number of rotatable bonds is 3. The van der Waals surface area contributed by atoms with Gasteiger partial charge in [-0.05, 0) is 31.0 Å². The number of imide groups is 1. The molecule has 21 heavy (non-hydrogen) atoms. The van der Waals surface area contributed by atoms with Crippen molar-refractivity contribution in [2.24, 2.45) is 11.3 Å². The van der Waals surface area contributed by atoms with Crippen LogP contribution in [0, 0.1) is 17.2 Å². The summed E-state index contributed by atoms with van der Waals surface area (Å²) in [6.45, 7) is 5.34. The monoisotopic (exact) mass is 293 g/mol. The van der Waals surface area contributed by atoms with Crippen molar-refractivity contribution in [1.82, 2.24) is 0 Å². The molecule has 0 spiro atoms. The van der Waals surface area contributed by atoms with Gasteiger partial charge in [0.1, 0.15) is 5.82 Å². The Kier molecular flexibility index (Phi) is 3.57. The van der Waals surface area contributed by atoms with Crippen molar-refractivity contribution in [2.45, 2.75) is 27.2 Å². The lowest BCUT2D eigenvalue weighted by Crippen LogP contribution is -2.37. The van der Waals surface area contributed by atoms with Crippen molar-refractivity contribution in [1.29, 1.82) is 0 Å². The summed E-state index contributed by atoms with van der Waals surface area (Å²) in [5.74, 6) is -3.11. The minimum absolute atomic E-state index is 0.0138. The molecular weight excluding hydrogens is 277 g/mol. The molecule has 1 saturated heterocycles. The molecule has 1 aromatic carbocycles. The predicted octanol–water partition coefficient (Wildman–Crippen LogP) is 2.45. The Labute approximate surface area is 121 Å². The molecule has 1 aliphatic rings. The van der Waals surface area contributed by atoms with Crippen LogP contribution in [-0.4, -0.2) is 22.9 Å². The number of aromatic carboxylic acids is 1. The fraction of sp³-hybridized carbons (Fsp3) is 0.400. The number of hydrogen-bond acceptors (Lipinski definition) is 3. The minimum Gasteiger partial charge on any atom is -0.478 e. The fourth-order valence-corrected chi connectivity index (χ4v) is 2.41. The van der Waals surface area contributed by atoms with Gasteiger partial charge in [0.05, 0.1) is 16.7 Å². The molecule has 0 aromatic heterocycles. The van der Waals surface area contributed by atoms with Gasteiger partial charge in [-0.15, -0.1) is 0 Å². The first kappa shape index (κ1) is 15.2. The van der Waals surface area contributed by atoms with E-state index >= 15 is 0 Å². The Bertz CT molecular complexity index is 641. The molecule has 0 aliphatic carbocycles. The summed E-state index contributed by atoms with van der Waals surface area (Å²) in [6.07, 6.45) is 0.0138. The van der Waals surface area contributed by atoms with Crippen LogP contribution in [-0.2, 0) is 9.59 Å². The van der Waals surface area contributed by atoms with Gasteiger partial charge < -0.3 is 5.11 Å².